The van der Waals surface area contributed by atoms with Gasteiger partial charge in [0.1, 0.15) is 23.4 Å². The number of nitrogens with one attached hydrogen (secondary N) is 2. The fourth-order valence-corrected chi connectivity index (χ4v) is 3.98. The Kier molecular flexibility index (Phi) is 4.18. The van der Waals surface area contributed by atoms with Gasteiger partial charge in [0.25, 0.3) is 0 Å². The second-order valence-corrected chi connectivity index (χ2v) is 7.45. The topological polar surface area (TPSA) is 76.9 Å². The van der Waals surface area contributed by atoms with Crippen LogP contribution in [0.1, 0.15) is 32.4 Å². The van der Waals surface area contributed by atoms with Crippen LogP contribution in [0, 0.1) is 17.2 Å². The molecule has 0 radical (unpaired) electrons. The van der Waals surface area contributed by atoms with Crippen LogP contribution < -0.4 is 10.6 Å². The number of hydrogen-bond acceptors (Lipinski definition) is 6. The summed E-state index contributed by atoms with van der Waals surface area (Å²) < 4.78 is 0. The molecule has 130 valence electrons. The Morgan fingerprint density at radius 2 is 2.08 bits per heavy atom. The van der Waals surface area contributed by atoms with Gasteiger partial charge in [0.15, 0.2) is 0 Å². The number of pyridine rings is 2. The number of rotatable bonds is 4. The molecule has 3 saturated heterocycles. The summed E-state index contributed by atoms with van der Waals surface area (Å²) in [7, 11) is 0. The van der Waals surface area contributed by atoms with Gasteiger partial charge >= 0.3 is 0 Å². The first-order valence-corrected chi connectivity index (χ1v) is 9.08. The Bertz CT molecular complexity index is 817. The molecule has 0 unspecified atom stereocenters. The Hall–Kier alpha value is -2.39. The maximum atomic E-state index is 9.21. The highest BCUT2D eigenvalue weighted by atomic mass is 15.2. The third-order valence-electron chi connectivity index (χ3n) is 5.24. The summed E-state index contributed by atoms with van der Waals surface area (Å²) in [4.78, 5) is 11.6. The number of nitrogens with zero attached hydrogens (tertiary/aromatic N) is 4. The molecule has 6 heteroatoms. The number of piperidine rings is 3. The Morgan fingerprint density at radius 3 is 2.72 bits per heavy atom. The van der Waals surface area contributed by atoms with Crippen molar-refractivity contribution in [1.82, 2.24) is 14.9 Å². The van der Waals surface area contributed by atoms with Crippen LogP contribution in [0.25, 0.3) is 10.8 Å². The summed E-state index contributed by atoms with van der Waals surface area (Å²) in [6.07, 6.45) is 4.39. The number of nitriles is 1. The van der Waals surface area contributed by atoms with Crippen molar-refractivity contribution < 1.29 is 0 Å². The van der Waals surface area contributed by atoms with E-state index in [1.54, 1.807) is 6.07 Å². The van der Waals surface area contributed by atoms with E-state index in [-0.39, 0.29) is 6.04 Å². The zero-order chi connectivity index (χ0) is 17.4. The molecule has 5 rings (SSSR count). The lowest BCUT2D eigenvalue weighted by Crippen LogP contribution is -2.53. The van der Waals surface area contributed by atoms with Crippen LogP contribution >= 0.6 is 0 Å². The zero-order valence-electron chi connectivity index (χ0n) is 14.8. The molecule has 2 N–H and O–H groups in total. The van der Waals surface area contributed by atoms with Gasteiger partial charge in [0, 0.05) is 35.6 Å². The molecule has 3 aliphatic rings. The highest BCUT2D eigenvalue weighted by molar-refractivity contribution is 5.93. The van der Waals surface area contributed by atoms with Crippen LogP contribution in [0.15, 0.2) is 18.3 Å². The van der Waals surface area contributed by atoms with Crippen molar-refractivity contribution in [2.45, 2.75) is 38.8 Å². The summed E-state index contributed by atoms with van der Waals surface area (Å²) in [5.74, 6) is 2.39. The summed E-state index contributed by atoms with van der Waals surface area (Å²) in [6.45, 7) is 7.71. The minimum atomic E-state index is 0.246. The fraction of sp³-hybridized carbons (Fsp3) is 0.526. The SMILES string of the molecule is CC(C)Nc1nc(C#N)cc2cnc(N[C@H]3CN4CCC3CC4)cc12. The summed E-state index contributed by atoms with van der Waals surface area (Å²) in [6, 6.07) is 6.71. The molecule has 3 fully saturated rings. The highest BCUT2D eigenvalue weighted by Crippen LogP contribution is 2.31. The van der Waals surface area contributed by atoms with E-state index in [1.807, 2.05) is 6.20 Å². The van der Waals surface area contributed by atoms with Gasteiger partial charge < -0.3 is 15.5 Å². The number of anilines is 2. The summed E-state index contributed by atoms with van der Waals surface area (Å²) in [5, 5.41) is 18.1. The van der Waals surface area contributed by atoms with Crippen molar-refractivity contribution in [3.8, 4) is 6.07 Å². The maximum Gasteiger partial charge on any atom is 0.143 e. The lowest BCUT2D eigenvalue weighted by molar-refractivity contribution is 0.0974. The molecular weight excluding hydrogens is 312 g/mol. The van der Waals surface area contributed by atoms with E-state index in [9.17, 15) is 5.26 Å². The van der Waals surface area contributed by atoms with Crippen LogP contribution in [0.2, 0.25) is 0 Å². The van der Waals surface area contributed by atoms with Gasteiger partial charge in [-0.15, -0.1) is 0 Å². The van der Waals surface area contributed by atoms with Crippen LogP contribution in [-0.4, -0.2) is 46.6 Å². The second-order valence-electron chi connectivity index (χ2n) is 7.45. The monoisotopic (exact) mass is 336 g/mol. The fourth-order valence-electron chi connectivity index (χ4n) is 3.98. The number of hydrogen-bond donors (Lipinski definition) is 2. The average molecular weight is 336 g/mol. The van der Waals surface area contributed by atoms with Crippen molar-refractivity contribution in [1.29, 1.82) is 5.26 Å². The Balaban J connectivity index is 1.65. The summed E-state index contributed by atoms with van der Waals surface area (Å²) >= 11 is 0. The molecule has 0 aromatic carbocycles. The van der Waals surface area contributed by atoms with E-state index in [1.165, 1.54) is 25.9 Å². The van der Waals surface area contributed by atoms with Crippen LogP contribution in [-0.2, 0) is 0 Å². The standard InChI is InChI=1S/C19H24N6/c1-12(2)22-19-16-8-18(21-10-14(16)7-15(9-20)23-19)24-17-11-25-5-3-13(17)4-6-25/h7-8,10,12-13,17H,3-6,11H2,1-2H3,(H,21,24)(H,22,23)/t17-/m0/s1. The summed E-state index contributed by atoms with van der Waals surface area (Å²) in [5.41, 5.74) is 0.413. The van der Waals surface area contributed by atoms with Crippen molar-refractivity contribution in [3.63, 3.8) is 0 Å². The van der Waals surface area contributed by atoms with Crippen molar-refractivity contribution in [2.75, 3.05) is 30.3 Å². The van der Waals surface area contributed by atoms with E-state index < -0.39 is 0 Å². The third-order valence-corrected chi connectivity index (χ3v) is 5.24. The molecule has 2 bridgehead atoms. The molecule has 5 heterocycles. The predicted octanol–water partition coefficient (Wildman–Crippen LogP) is 2.83. The molecule has 3 aliphatic heterocycles. The third kappa shape index (κ3) is 3.24. The second kappa shape index (κ2) is 6.49. The molecule has 25 heavy (non-hydrogen) atoms. The van der Waals surface area contributed by atoms with Gasteiger partial charge in [-0.3, -0.25) is 0 Å². The predicted molar refractivity (Wildman–Crippen MR) is 99.6 cm³/mol. The first-order valence-electron chi connectivity index (χ1n) is 9.08. The minimum absolute atomic E-state index is 0.246. The van der Waals surface area contributed by atoms with Gasteiger partial charge in [-0.05, 0) is 57.8 Å². The minimum Gasteiger partial charge on any atom is -0.367 e. The smallest absolute Gasteiger partial charge is 0.143 e. The molecule has 2 aromatic rings. The largest absolute Gasteiger partial charge is 0.367 e. The quantitative estimate of drug-likeness (QED) is 0.894. The highest BCUT2D eigenvalue weighted by Gasteiger charge is 2.34. The Morgan fingerprint density at radius 1 is 1.28 bits per heavy atom. The lowest BCUT2D eigenvalue weighted by Gasteiger charge is -2.45. The van der Waals surface area contributed by atoms with E-state index in [2.05, 4.69) is 51.5 Å². The van der Waals surface area contributed by atoms with Gasteiger partial charge in [-0.2, -0.15) is 5.26 Å². The van der Waals surface area contributed by atoms with Gasteiger partial charge in [0.05, 0.1) is 0 Å². The normalized spacial score (nSPS) is 25.1. The van der Waals surface area contributed by atoms with Crippen LogP contribution in [0.5, 0.6) is 0 Å². The van der Waals surface area contributed by atoms with E-state index in [4.69, 9.17) is 0 Å². The van der Waals surface area contributed by atoms with Crippen LogP contribution in [0.4, 0.5) is 11.6 Å². The molecule has 2 aromatic heterocycles. The van der Waals surface area contributed by atoms with Crippen LogP contribution in [0.3, 0.4) is 0 Å². The molecular formula is C19H24N6. The maximum absolute atomic E-state index is 9.21. The molecule has 0 spiro atoms. The molecule has 1 atom stereocenters. The van der Waals surface area contributed by atoms with Gasteiger partial charge in [-0.1, -0.05) is 0 Å². The van der Waals surface area contributed by atoms with Crippen molar-refractivity contribution >= 4 is 22.4 Å². The first-order chi connectivity index (χ1) is 12.1. The molecule has 0 amide bonds. The first kappa shape index (κ1) is 16.1. The van der Waals surface area contributed by atoms with E-state index in [0.29, 0.717) is 11.7 Å². The van der Waals surface area contributed by atoms with Crippen molar-refractivity contribution in [2.24, 2.45) is 5.92 Å². The van der Waals surface area contributed by atoms with Gasteiger partial charge in [-0.25, -0.2) is 9.97 Å². The molecule has 6 nitrogen and oxygen atoms in total. The Labute approximate surface area is 148 Å². The average Bonchev–Trinajstić information content (AvgIpc) is 2.62. The zero-order valence-corrected chi connectivity index (χ0v) is 14.8. The number of fused-ring (bicyclic) bond motifs is 4. The van der Waals surface area contributed by atoms with Gasteiger partial charge in [0.2, 0.25) is 0 Å². The molecule has 0 saturated carbocycles. The molecule has 0 aliphatic carbocycles. The van der Waals surface area contributed by atoms with E-state index >= 15 is 0 Å². The number of aromatic nitrogens is 2. The van der Waals surface area contributed by atoms with Crippen molar-refractivity contribution in [3.05, 3.63) is 24.0 Å². The lowest BCUT2D eigenvalue weighted by atomic mass is 9.84. The van der Waals surface area contributed by atoms with E-state index in [0.717, 1.165) is 34.9 Å².